The Kier molecular flexibility index (Phi) is 5.80. The van der Waals surface area contributed by atoms with Crippen LogP contribution in [0, 0.1) is 5.92 Å². The highest BCUT2D eigenvalue weighted by Gasteiger charge is 2.33. The van der Waals surface area contributed by atoms with E-state index in [-0.39, 0.29) is 12.5 Å². The molecule has 22 heavy (non-hydrogen) atoms. The Bertz CT molecular complexity index is 498. The second-order valence-electron chi connectivity index (χ2n) is 5.61. The van der Waals surface area contributed by atoms with E-state index in [1.807, 2.05) is 0 Å². The third-order valence-electron chi connectivity index (χ3n) is 3.87. The summed E-state index contributed by atoms with van der Waals surface area (Å²) >= 11 is 0.935. The molecule has 8 heteroatoms. The lowest BCUT2D eigenvalue weighted by atomic mass is 9.93. The van der Waals surface area contributed by atoms with Crippen LogP contribution in [0.5, 0.6) is 0 Å². The zero-order valence-corrected chi connectivity index (χ0v) is 13.3. The van der Waals surface area contributed by atoms with Gasteiger partial charge in [-0.05, 0) is 38.3 Å². The van der Waals surface area contributed by atoms with Crippen LogP contribution in [0.1, 0.15) is 36.4 Å². The Labute approximate surface area is 131 Å². The molecule has 1 N–H and O–H groups in total. The van der Waals surface area contributed by atoms with Crippen molar-refractivity contribution in [2.24, 2.45) is 5.92 Å². The molecule has 0 aromatic carbocycles. The monoisotopic (exact) mass is 335 g/mol. The van der Waals surface area contributed by atoms with Crippen LogP contribution < -0.4 is 5.32 Å². The number of piperidine rings is 1. The van der Waals surface area contributed by atoms with Gasteiger partial charge in [0.15, 0.2) is 5.69 Å². The van der Waals surface area contributed by atoms with Gasteiger partial charge in [0.05, 0.1) is 6.54 Å². The van der Waals surface area contributed by atoms with E-state index >= 15 is 0 Å². The summed E-state index contributed by atoms with van der Waals surface area (Å²) in [6, 6.07) is 0. The number of hydrogen-bond donors (Lipinski definition) is 1. The van der Waals surface area contributed by atoms with Crippen LogP contribution in [-0.4, -0.2) is 35.9 Å². The minimum absolute atomic E-state index is 0.0395. The molecule has 1 aliphatic rings. The number of nitrogens with one attached hydrogen (secondary N) is 1. The van der Waals surface area contributed by atoms with Crippen LogP contribution >= 0.6 is 11.3 Å². The van der Waals surface area contributed by atoms with E-state index in [1.165, 1.54) is 4.90 Å². The van der Waals surface area contributed by atoms with E-state index in [2.05, 4.69) is 10.3 Å². The molecule has 1 aromatic heterocycles. The number of nitrogens with zero attached hydrogens (tertiary/aromatic N) is 2. The van der Waals surface area contributed by atoms with E-state index in [1.54, 1.807) is 7.05 Å². The lowest BCUT2D eigenvalue weighted by Gasteiger charge is -2.23. The summed E-state index contributed by atoms with van der Waals surface area (Å²) in [6.45, 7) is 2.12. The molecule has 1 aliphatic heterocycles. The standard InChI is InChI=1S/C14H20F3N3OS/c1-20(8-12-19-11(9-22-12)14(15,16)17)13(21)3-2-10-4-6-18-7-5-10/h9-10,18H,2-8H2,1H3. The smallest absolute Gasteiger partial charge is 0.339 e. The number of halogens is 3. The summed E-state index contributed by atoms with van der Waals surface area (Å²) in [5.74, 6) is 0.526. The molecular formula is C14H20F3N3OS. The molecule has 1 amide bonds. The average molecular weight is 335 g/mol. The first-order valence-electron chi connectivity index (χ1n) is 7.32. The summed E-state index contributed by atoms with van der Waals surface area (Å²) in [6.07, 6.45) is -0.974. The number of carbonyl (C=O) groups excluding carboxylic acids is 1. The zero-order valence-electron chi connectivity index (χ0n) is 12.4. The Morgan fingerprint density at radius 2 is 2.14 bits per heavy atom. The van der Waals surface area contributed by atoms with Crippen molar-refractivity contribution < 1.29 is 18.0 Å². The highest BCUT2D eigenvalue weighted by atomic mass is 32.1. The van der Waals surface area contributed by atoms with Crippen molar-refractivity contribution in [3.63, 3.8) is 0 Å². The predicted molar refractivity (Wildman–Crippen MR) is 78.4 cm³/mol. The van der Waals surface area contributed by atoms with Gasteiger partial charge in [-0.25, -0.2) is 4.98 Å². The summed E-state index contributed by atoms with van der Waals surface area (Å²) in [5.41, 5.74) is -0.886. The van der Waals surface area contributed by atoms with Crippen LogP contribution in [0.15, 0.2) is 5.38 Å². The molecule has 1 saturated heterocycles. The first-order valence-corrected chi connectivity index (χ1v) is 8.20. The molecule has 1 fully saturated rings. The Hall–Kier alpha value is -1.15. The van der Waals surface area contributed by atoms with Gasteiger partial charge in [-0.1, -0.05) is 0 Å². The second kappa shape index (κ2) is 7.41. The number of aromatic nitrogens is 1. The van der Waals surface area contributed by atoms with E-state index in [0.717, 1.165) is 49.1 Å². The first-order chi connectivity index (χ1) is 10.4. The molecule has 4 nitrogen and oxygen atoms in total. The van der Waals surface area contributed by atoms with Gasteiger partial charge in [0.1, 0.15) is 5.01 Å². The number of alkyl halides is 3. The highest BCUT2D eigenvalue weighted by molar-refractivity contribution is 7.09. The molecule has 1 aromatic rings. The van der Waals surface area contributed by atoms with Crippen molar-refractivity contribution in [3.05, 3.63) is 16.1 Å². The van der Waals surface area contributed by atoms with Gasteiger partial charge in [-0.15, -0.1) is 11.3 Å². The summed E-state index contributed by atoms with van der Waals surface area (Å²) < 4.78 is 37.4. The zero-order chi connectivity index (χ0) is 16.2. The van der Waals surface area contributed by atoms with Gasteiger partial charge in [-0.2, -0.15) is 13.2 Å². The molecular weight excluding hydrogens is 315 g/mol. The van der Waals surface area contributed by atoms with Crippen LogP contribution in [-0.2, 0) is 17.5 Å². The Morgan fingerprint density at radius 3 is 2.73 bits per heavy atom. The van der Waals surface area contributed by atoms with E-state index in [9.17, 15) is 18.0 Å². The van der Waals surface area contributed by atoms with E-state index < -0.39 is 11.9 Å². The van der Waals surface area contributed by atoms with Crippen LogP contribution in [0.4, 0.5) is 13.2 Å². The number of thiazole rings is 1. The third kappa shape index (κ3) is 4.95. The molecule has 0 radical (unpaired) electrons. The quantitative estimate of drug-likeness (QED) is 0.900. The average Bonchev–Trinajstić information content (AvgIpc) is 2.94. The molecule has 124 valence electrons. The number of rotatable bonds is 5. The molecule has 0 saturated carbocycles. The van der Waals surface area contributed by atoms with Gasteiger partial charge >= 0.3 is 6.18 Å². The fourth-order valence-electron chi connectivity index (χ4n) is 2.49. The van der Waals surface area contributed by atoms with Gasteiger partial charge in [0.25, 0.3) is 0 Å². The van der Waals surface area contributed by atoms with Crippen molar-refractivity contribution in [1.29, 1.82) is 0 Å². The molecule has 2 heterocycles. The lowest BCUT2D eigenvalue weighted by Crippen LogP contribution is -2.30. The van der Waals surface area contributed by atoms with Crippen LogP contribution in [0.25, 0.3) is 0 Å². The molecule has 0 aliphatic carbocycles. The van der Waals surface area contributed by atoms with Crippen LogP contribution in [0.2, 0.25) is 0 Å². The number of amides is 1. The largest absolute Gasteiger partial charge is 0.434 e. The van der Waals surface area contributed by atoms with Crippen LogP contribution in [0.3, 0.4) is 0 Å². The molecule has 0 atom stereocenters. The Morgan fingerprint density at radius 1 is 1.45 bits per heavy atom. The van der Waals surface area contributed by atoms with Crippen molar-refractivity contribution in [1.82, 2.24) is 15.2 Å². The molecule has 0 bridgehead atoms. The predicted octanol–water partition coefficient (Wildman–Crippen LogP) is 2.90. The fraction of sp³-hybridized carbons (Fsp3) is 0.714. The SMILES string of the molecule is CN(Cc1nc(C(F)(F)F)cs1)C(=O)CCC1CCNCC1. The third-order valence-corrected chi connectivity index (χ3v) is 4.70. The van der Waals surface area contributed by atoms with Crippen molar-refractivity contribution in [2.45, 2.75) is 38.4 Å². The van der Waals surface area contributed by atoms with E-state index in [0.29, 0.717) is 17.3 Å². The van der Waals surface area contributed by atoms with Crippen molar-refractivity contribution in [2.75, 3.05) is 20.1 Å². The van der Waals surface area contributed by atoms with Gasteiger partial charge < -0.3 is 10.2 Å². The summed E-state index contributed by atoms with van der Waals surface area (Å²) in [5, 5.41) is 4.58. The van der Waals surface area contributed by atoms with Crippen molar-refractivity contribution >= 4 is 17.2 Å². The normalized spacial score (nSPS) is 16.7. The Balaban J connectivity index is 1.79. The highest BCUT2D eigenvalue weighted by Crippen LogP contribution is 2.30. The maximum atomic E-state index is 12.5. The van der Waals surface area contributed by atoms with Gasteiger partial charge in [0, 0.05) is 18.8 Å². The second-order valence-corrected chi connectivity index (χ2v) is 6.55. The van der Waals surface area contributed by atoms with Gasteiger partial charge in [-0.3, -0.25) is 4.79 Å². The number of hydrogen-bond acceptors (Lipinski definition) is 4. The minimum atomic E-state index is -4.42. The number of carbonyl (C=O) groups is 1. The fourth-order valence-corrected chi connectivity index (χ4v) is 3.35. The molecule has 2 rings (SSSR count). The molecule has 0 spiro atoms. The first kappa shape index (κ1) is 17.2. The minimum Gasteiger partial charge on any atom is -0.339 e. The van der Waals surface area contributed by atoms with Gasteiger partial charge in [0.2, 0.25) is 5.91 Å². The van der Waals surface area contributed by atoms with E-state index in [4.69, 9.17) is 0 Å². The summed E-state index contributed by atoms with van der Waals surface area (Å²) in [7, 11) is 1.61. The van der Waals surface area contributed by atoms with Crippen molar-refractivity contribution in [3.8, 4) is 0 Å². The summed E-state index contributed by atoms with van der Waals surface area (Å²) in [4.78, 5) is 17.1. The lowest BCUT2D eigenvalue weighted by molar-refractivity contribution is -0.140. The molecule has 0 unspecified atom stereocenters. The maximum Gasteiger partial charge on any atom is 0.434 e. The maximum absolute atomic E-state index is 12.5. The topological polar surface area (TPSA) is 45.2 Å².